The minimum Gasteiger partial charge on any atom is -0.394 e. The van der Waals surface area contributed by atoms with Crippen LogP contribution in [0.25, 0.3) is 0 Å². The number of amides is 1. The summed E-state index contributed by atoms with van der Waals surface area (Å²) in [6, 6.07) is 0. The van der Waals surface area contributed by atoms with Gasteiger partial charge in [-0.3, -0.25) is 4.79 Å². The smallest absolute Gasteiger partial charge is 0.221 e. The van der Waals surface area contributed by atoms with Crippen molar-refractivity contribution in [1.82, 2.24) is 10.6 Å². The summed E-state index contributed by atoms with van der Waals surface area (Å²) in [7, 11) is 0. The van der Waals surface area contributed by atoms with E-state index in [4.69, 9.17) is 10.2 Å². The van der Waals surface area contributed by atoms with Gasteiger partial charge in [-0.2, -0.15) is 0 Å². The van der Waals surface area contributed by atoms with Crippen molar-refractivity contribution in [3.05, 3.63) is 0 Å². The first-order chi connectivity index (χ1) is 7.06. The quantitative estimate of drug-likeness (QED) is 0.398. The highest BCUT2D eigenvalue weighted by Gasteiger charge is 2.03. The van der Waals surface area contributed by atoms with E-state index in [0.717, 1.165) is 0 Å². The van der Waals surface area contributed by atoms with Crippen LogP contribution in [0.1, 0.15) is 20.3 Å². The molecule has 5 nitrogen and oxygen atoms in total. The van der Waals surface area contributed by atoms with E-state index in [2.05, 4.69) is 10.6 Å². The van der Waals surface area contributed by atoms with Crippen LogP contribution in [-0.2, 0) is 4.79 Å². The summed E-state index contributed by atoms with van der Waals surface area (Å²) in [5.41, 5.74) is 0. The van der Waals surface area contributed by atoms with Crippen LogP contribution in [0.3, 0.4) is 0 Å². The molecule has 0 heterocycles. The van der Waals surface area contributed by atoms with Gasteiger partial charge in [0, 0.05) is 26.1 Å². The molecule has 0 aromatic rings. The van der Waals surface area contributed by atoms with E-state index in [0.29, 0.717) is 32.0 Å². The largest absolute Gasteiger partial charge is 0.394 e. The van der Waals surface area contributed by atoms with E-state index in [1.54, 1.807) is 0 Å². The van der Waals surface area contributed by atoms with Crippen LogP contribution < -0.4 is 10.6 Å². The van der Waals surface area contributed by atoms with Gasteiger partial charge in [0.1, 0.15) is 0 Å². The standard InChI is InChI=1S/C10H22N2O3/c1-8(2)5-12-10(15)3-4-11-6-9(14)7-13/h8-9,11,13-14H,3-7H2,1-2H3,(H,12,15)/t9-/m0/s1. The molecule has 0 spiro atoms. The Morgan fingerprint density at radius 3 is 2.53 bits per heavy atom. The number of rotatable bonds is 8. The Hall–Kier alpha value is -0.650. The number of nitrogens with one attached hydrogen (secondary N) is 2. The van der Waals surface area contributed by atoms with Gasteiger partial charge < -0.3 is 20.8 Å². The molecule has 1 atom stereocenters. The minimum absolute atomic E-state index is 0.00897. The summed E-state index contributed by atoms with van der Waals surface area (Å²) in [6.07, 6.45) is -0.353. The van der Waals surface area contributed by atoms with Crippen LogP contribution in [0, 0.1) is 5.92 Å². The monoisotopic (exact) mass is 218 g/mol. The topological polar surface area (TPSA) is 81.6 Å². The molecule has 0 aliphatic heterocycles. The number of aliphatic hydroxyl groups is 2. The molecule has 0 radical (unpaired) electrons. The van der Waals surface area contributed by atoms with Crippen LogP contribution in [0.2, 0.25) is 0 Å². The van der Waals surface area contributed by atoms with E-state index < -0.39 is 6.10 Å². The lowest BCUT2D eigenvalue weighted by molar-refractivity contribution is -0.121. The number of aliphatic hydroxyl groups excluding tert-OH is 2. The second-order valence-electron chi connectivity index (χ2n) is 3.99. The zero-order valence-corrected chi connectivity index (χ0v) is 9.49. The first-order valence-corrected chi connectivity index (χ1v) is 5.32. The third kappa shape index (κ3) is 9.65. The highest BCUT2D eigenvalue weighted by atomic mass is 16.3. The van der Waals surface area contributed by atoms with Crippen LogP contribution in [0.5, 0.6) is 0 Å². The third-order valence-corrected chi connectivity index (χ3v) is 1.83. The Labute approximate surface area is 90.9 Å². The summed E-state index contributed by atoms with van der Waals surface area (Å²) in [5, 5.41) is 23.2. The van der Waals surface area contributed by atoms with E-state index >= 15 is 0 Å². The molecule has 0 fully saturated rings. The van der Waals surface area contributed by atoms with Gasteiger partial charge in [-0.05, 0) is 5.92 Å². The van der Waals surface area contributed by atoms with Crippen molar-refractivity contribution in [2.75, 3.05) is 26.2 Å². The fraction of sp³-hybridized carbons (Fsp3) is 0.900. The van der Waals surface area contributed by atoms with Gasteiger partial charge >= 0.3 is 0 Å². The van der Waals surface area contributed by atoms with Gasteiger partial charge in [-0.25, -0.2) is 0 Å². The third-order valence-electron chi connectivity index (χ3n) is 1.83. The highest BCUT2D eigenvalue weighted by Crippen LogP contribution is 1.88. The molecule has 0 saturated carbocycles. The molecular weight excluding hydrogens is 196 g/mol. The van der Waals surface area contributed by atoms with Gasteiger partial charge in [0.05, 0.1) is 12.7 Å². The van der Waals surface area contributed by atoms with Crippen molar-refractivity contribution in [2.45, 2.75) is 26.4 Å². The summed E-state index contributed by atoms with van der Waals surface area (Å²) in [6.45, 7) is 5.34. The molecule has 0 aromatic carbocycles. The summed E-state index contributed by atoms with van der Waals surface area (Å²) in [5.74, 6) is 0.466. The summed E-state index contributed by atoms with van der Waals surface area (Å²) >= 11 is 0. The van der Waals surface area contributed by atoms with Crippen molar-refractivity contribution >= 4 is 5.91 Å². The van der Waals surface area contributed by atoms with Crippen molar-refractivity contribution in [1.29, 1.82) is 0 Å². The van der Waals surface area contributed by atoms with Crippen molar-refractivity contribution in [3.8, 4) is 0 Å². The SMILES string of the molecule is CC(C)CNC(=O)CCNC[C@H](O)CO. The molecular formula is C10H22N2O3. The first-order valence-electron chi connectivity index (χ1n) is 5.32. The average Bonchev–Trinajstić information content (AvgIpc) is 2.21. The van der Waals surface area contributed by atoms with Crippen LogP contribution >= 0.6 is 0 Å². The van der Waals surface area contributed by atoms with Crippen molar-refractivity contribution < 1.29 is 15.0 Å². The maximum atomic E-state index is 11.2. The number of carbonyl (C=O) groups is 1. The lowest BCUT2D eigenvalue weighted by Gasteiger charge is -2.10. The first kappa shape index (κ1) is 14.3. The lowest BCUT2D eigenvalue weighted by Crippen LogP contribution is -2.34. The van der Waals surface area contributed by atoms with E-state index in [-0.39, 0.29) is 12.5 Å². The molecule has 1 amide bonds. The Kier molecular flexibility index (Phi) is 8.27. The van der Waals surface area contributed by atoms with Crippen LogP contribution in [-0.4, -0.2) is 48.5 Å². The highest BCUT2D eigenvalue weighted by molar-refractivity contribution is 5.76. The molecule has 0 aromatic heterocycles. The summed E-state index contributed by atoms with van der Waals surface area (Å²) in [4.78, 5) is 11.2. The minimum atomic E-state index is -0.747. The van der Waals surface area contributed by atoms with E-state index in [1.807, 2.05) is 13.8 Å². The fourth-order valence-corrected chi connectivity index (χ4v) is 0.941. The van der Waals surface area contributed by atoms with Crippen molar-refractivity contribution in [3.63, 3.8) is 0 Å². The maximum Gasteiger partial charge on any atom is 0.221 e. The second-order valence-corrected chi connectivity index (χ2v) is 3.99. The number of carbonyl (C=O) groups excluding carboxylic acids is 1. The van der Waals surface area contributed by atoms with Gasteiger partial charge in [0.2, 0.25) is 5.91 Å². The average molecular weight is 218 g/mol. The maximum absolute atomic E-state index is 11.2. The second kappa shape index (κ2) is 8.64. The molecule has 0 rings (SSSR count). The zero-order valence-electron chi connectivity index (χ0n) is 9.49. The van der Waals surface area contributed by atoms with Crippen LogP contribution in [0.15, 0.2) is 0 Å². The zero-order chi connectivity index (χ0) is 11.7. The molecule has 0 saturated heterocycles. The lowest BCUT2D eigenvalue weighted by atomic mass is 10.2. The molecule has 0 bridgehead atoms. The molecule has 0 aliphatic rings. The Balaban J connectivity index is 3.31. The van der Waals surface area contributed by atoms with Gasteiger partial charge in [0.15, 0.2) is 0 Å². The van der Waals surface area contributed by atoms with Gasteiger partial charge in [0.25, 0.3) is 0 Å². The molecule has 5 heteroatoms. The van der Waals surface area contributed by atoms with Gasteiger partial charge in [-0.15, -0.1) is 0 Å². The Morgan fingerprint density at radius 2 is 2.00 bits per heavy atom. The molecule has 90 valence electrons. The molecule has 0 unspecified atom stereocenters. The Bertz CT molecular complexity index is 174. The summed E-state index contributed by atoms with van der Waals surface area (Å²) < 4.78 is 0. The Morgan fingerprint density at radius 1 is 1.33 bits per heavy atom. The van der Waals surface area contributed by atoms with Crippen LogP contribution in [0.4, 0.5) is 0 Å². The molecule has 0 aliphatic carbocycles. The molecule has 4 N–H and O–H groups in total. The van der Waals surface area contributed by atoms with E-state index in [9.17, 15) is 4.79 Å². The van der Waals surface area contributed by atoms with Gasteiger partial charge in [-0.1, -0.05) is 13.8 Å². The predicted molar refractivity (Wildman–Crippen MR) is 58.4 cm³/mol. The normalized spacial score (nSPS) is 12.9. The van der Waals surface area contributed by atoms with E-state index in [1.165, 1.54) is 0 Å². The van der Waals surface area contributed by atoms with Crippen molar-refractivity contribution in [2.24, 2.45) is 5.92 Å². The number of hydrogen-bond donors (Lipinski definition) is 4. The molecule has 15 heavy (non-hydrogen) atoms. The fourth-order valence-electron chi connectivity index (χ4n) is 0.941. The predicted octanol–water partition coefficient (Wildman–Crippen LogP) is -0.908. The number of hydrogen-bond acceptors (Lipinski definition) is 4.